The first-order valence-electron chi connectivity index (χ1n) is 17.9. The third-order valence-electron chi connectivity index (χ3n) is 8.80. The zero-order valence-electron chi connectivity index (χ0n) is 33.8. The predicted octanol–water partition coefficient (Wildman–Crippen LogP) is 8.43. The minimum absolute atomic E-state index is 0.0184. The van der Waals surface area contributed by atoms with Crippen molar-refractivity contribution in [3.05, 3.63) is 88.1 Å². The van der Waals surface area contributed by atoms with Crippen LogP contribution in [0.4, 0.5) is 29.7 Å². The number of esters is 2. The lowest BCUT2D eigenvalue weighted by Crippen LogP contribution is -2.66. The Morgan fingerprint density at radius 3 is 1.66 bits per heavy atom. The van der Waals surface area contributed by atoms with Crippen LogP contribution >= 0.6 is 43.5 Å². The Morgan fingerprint density at radius 1 is 0.770 bits per heavy atom. The number of hydrogen-bond donors (Lipinski definition) is 0. The van der Waals surface area contributed by atoms with Crippen molar-refractivity contribution >= 4 is 101 Å². The summed E-state index contributed by atoms with van der Waals surface area (Å²) in [6.45, 7) is 10.9. The highest BCUT2D eigenvalue weighted by Crippen LogP contribution is 2.45. The summed E-state index contributed by atoms with van der Waals surface area (Å²) in [5, 5.41) is 22.9. The van der Waals surface area contributed by atoms with Crippen molar-refractivity contribution < 1.29 is 56.8 Å². The fraction of sp³-hybridized carbons (Fsp3) is 0.421. The number of nitrogens with zero attached hydrogens (tertiary/aromatic N) is 6. The van der Waals surface area contributed by atoms with E-state index in [1.54, 1.807) is 20.8 Å². The Hall–Kier alpha value is -5.35. The maximum absolute atomic E-state index is 14.0. The van der Waals surface area contributed by atoms with Crippen LogP contribution in [0.5, 0.6) is 0 Å². The van der Waals surface area contributed by atoms with Gasteiger partial charge in [-0.3, -0.25) is 29.8 Å². The SMILES string of the molecule is COC(=O)C1(c2c([N+](=O)[O-])cnc3cc(F)c(Br)cc23)CN(C(=O)OC(C)(C)C)C1.COC(=O)C1CN(C(=O)OC(C)(C)C)C1.O=[N+]([O-])c1cnc2cc(F)c(Br)cc2c1Cl. The van der Waals surface area contributed by atoms with E-state index in [4.69, 9.17) is 25.8 Å². The van der Waals surface area contributed by atoms with Crippen molar-refractivity contribution in [1.29, 1.82) is 0 Å². The minimum Gasteiger partial charge on any atom is -0.469 e. The number of likely N-dealkylation sites (tertiary alicyclic amines) is 2. The van der Waals surface area contributed by atoms with Crippen LogP contribution < -0.4 is 0 Å². The van der Waals surface area contributed by atoms with Gasteiger partial charge in [0.15, 0.2) is 0 Å². The number of carbonyl (C=O) groups is 4. The van der Waals surface area contributed by atoms with Crippen LogP contribution in [-0.4, -0.2) is 105 Å². The number of benzene rings is 2. The molecule has 2 aliphatic heterocycles. The number of rotatable bonds is 5. The molecule has 0 radical (unpaired) electrons. The number of fused-ring (bicyclic) bond motifs is 2. The van der Waals surface area contributed by atoms with Gasteiger partial charge in [0.05, 0.1) is 55.5 Å². The lowest BCUT2D eigenvalue weighted by Gasteiger charge is -2.47. The smallest absolute Gasteiger partial charge is 0.410 e. The van der Waals surface area contributed by atoms with Gasteiger partial charge in [0.2, 0.25) is 0 Å². The molecule has 2 amide bonds. The monoisotopic (exact) mass is 1000 g/mol. The van der Waals surface area contributed by atoms with Gasteiger partial charge in [0, 0.05) is 49.1 Å². The molecule has 328 valence electrons. The second kappa shape index (κ2) is 18.7. The Labute approximate surface area is 368 Å². The third-order valence-corrected chi connectivity index (χ3v) is 10.4. The zero-order chi connectivity index (χ0) is 45.9. The van der Waals surface area contributed by atoms with E-state index in [1.807, 2.05) is 20.8 Å². The number of pyridine rings is 2. The molecule has 2 fully saturated rings. The van der Waals surface area contributed by atoms with Gasteiger partial charge in [0.25, 0.3) is 5.69 Å². The van der Waals surface area contributed by atoms with Crippen LogP contribution in [0.2, 0.25) is 5.02 Å². The summed E-state index contributed by atoms with van der Waals surface area (Å²) in [6, 6.07) is 4.98. The van der Waals surface area contributed by atoms with Crippen LogP contribution in [0.15, 0.2) is 45.6 Å². The molecule has 2 aliphatic rings. The molecule has 0 N–H and O–H groups in total. The standard InChI is InChI=1S/C19H19BrFN3O6.C10H17NO4.C9H3BrClFN2O2/c1-18(2,3)30-17(26)23-8-19(9-23,16(25)29-4)15-10-5-11(20)12(21)6-13(10)22-7-14(15)24(27)28;1-10(2,3)15-9(13)11-5-7(6-11)8(12)14-4;10-5-1-4-7(2-6(5)12)13-3-8(9(4)11)14(15)16/h5-7H,8-9H2,1-4H3;7H,5-6H2,1-4H3;1-3H. The first kappa shape index (κ1) is 48.3. The normalized spacial score (nSPS) is 14.6. The van der Waals surface area contributed by atoms with E-state index in [9.17, 15) is 48.2 Å². The highest BCUT2D eigenvalue weighted by molar-refractivity contribution is 9.10. The van der Waals surface area contributed by atoms with Gasteiger partial charge in [-0.05, 0) is 85.5 Å². The number of amides is 2. The summed E-state index contributed by atoms with van der Waals surface area (Å²) < 4.78 is 47.4. The molecule has 0 unspecified atom stereocenters. The first-order valence-corrected chi connectivity index (χ1v) is 19.8. The van der Waals surface area contributed by atoms with E-state index in [0.29, 0.717) is 18.5 Å². The van der Waals surface area contributed by atoms with Crippen molar-refractivity contribution in [2.45, 2.75) is 58.2 Å². The molecule has 0 bridgehead atoms. The van der Waals surface area contributed by atoms with Gasteiger partial charge in [0.1, 0.15) is 45.7 Å². The van der Waals surface area contributed by atoms with E-state index in [2.05, 4.69) is 46.6 Å². The fourth-order valence-corrected chi connectivity index (χ4v) is 6.96. The maximum atomic E-state index is 14.0. The quantitative estimate of drug-likeness (QED) is 0.0792. The maximum Gasteiger partial charge on any atom is 0.410 e. The van der Waals surface area contributed by atoms with Gasteiger partial charge in [-0.15, -0.1) is 0 Å². The topological polar surface area (TPSA) is 224 Å². The highest BCUT2D eigenvalue weighted by Gasteiger charge is 2.58. The zero-order valence-corrected chi connectivity index (χ0v) is 37.8. The van der Waals surface area contributed by atoms with E-state index >= 15 is 0 Å². The van der Waals surface area contributed by atoms with Gasteiger partial charge < -0.3 is 28.7 Å². The van der Waals surface area contributed by atoms with Gasteiger partial charge >= 0.3 is 29.8 Å². The number of aromatic nitrogens is 2. The molecular weight excluding hydrogens is 966 g/mol. The summed E-state index contributed by atoms with van der Waals surface area (Å²) in [4.78, 5) is 79.3. The summed E-state index contributed by atoms with van der Waals surface area (Å²) in [5.74, 6) is -2.31. The first-order chi connectivity index (χ1) is 28.2. The minimum atomic E-state index is -1.52. The average molecular weight is 1010 g/mol. The Balaban J connectivity index is 0.000000222. The van der Waals surface area contributed by atoms with Crippen molar-refractivity contribution in [2.75, 3.05) is 40.4 Å². The molecule has 23 heteroatoms. The summed E-state index contributed by atoms with van der Waals surface area (Å²) in [7, 11) is 2.50. The van der Waals surface area contributed by atoms with Crippen LogP contribution in [0.3, 0.4) is 0 Å². The van der Waals surface area contributed by atoms with Gasteiger partial charge in [-0.25, -0.2) is 28.3 Å². The molecule has 2 aromatic carbocycles. The number of halogens is 5. The summed E-state index contributed by atoms with van der Waals surface area (Å²) >= 11 is 11.9. The molecule has 0 spiro atoms. The predicted molar refractivity (Wildman–Crippen MR) is 222 cm³/mol. The number of nitro groups is 2. The molecule has 2 aromatic heterocycles. The second-order valence-electron chi connectivity index (χ2n) is 15.6. The number of methoxy groups -OCH3 is 2. The van der Waals surface area contributed by atoms with Crippen LogP contribution in [0, 0.1) is 37.8 Å². The van der Waals surface area contributed by atoms with Crippen molar-refractivity contribution in [2.24, 2.45) is 5.92 Å². The molecule has 61 heavy (non-hydrogen) atoms. The average Bonchev–Trinajstić information content (AvgIpc) is 3.10. The molecule has 6 rings (SSSR count). The van der Waals surface area contributed by atoms with Crippen molar-refractivity contribution in [1.82, 2.24) is 19.8 Å². The van der Waals surface area contributed by atoms with Crippen LogP contribution in [0.1, 0.15) is 47.1 Å². The number of hydrogen-bond acceptors (Lipinski definition) is 14. The van der Waals surface area contributed by atoms with Crippen LogP contribution in [0.25, 0.3) is 21.8 Å². The lowest BCUT2D eigenvalue weighted by molar-refractivity contribution is -0.386. The molecule has 0 aliphatic carbocycles. The largest absolute Gasteiger partial charge is 0.469 e. The second-order valence-corrected chi connectivity index (χ2v) is 17.7. The molecule has 2 saturated heterocycles. The molecule has 0 atom stereocenters. The van der Waals surface area contributed by atoms with E-state index < -0.39 is 55.8 Å². The summed E-state index contributed by atoms with van der Waals surface area (Å²) in [6.07, 6.45) is 0.960. The lowest BCUT2D eigenvalue weighted by atomic mass is 9.72. The summed E-state index contributed by atoms with van der Waals surface area (Å²) in [5.41, 5.74) is -3.06. The molecular formula is C38H39Br2ClF2N6O12. The Morgan fingerprint density at radius 2 is 1.21 bits per heavy atom. The number of carbonyl (C=O) groups excluding carboxylic acids is 4. The fourth-order valence-electron chi connectivity index (χ4n) is 6.00. The Bertz CT molecular complexity index is 2420. The van der Waals surface area contributed by atoms with Crippen LogP contribution in [-0.2, 0) is 34.0 Å². The van der Waals surface area contributed by atoms with E-state index in [1.165, 1.54) is 29.0 Å². The third kappa shape index (κ3) is 11.1. The highest BCUT2D eigenvalue weighted by atomic mass is 79.9. The molecule has 4 aromatic rings. The van der Waals surface area contributed by atoms with Gasteiger partial charge in [-0.1, -0.05) is 11.6 Å². The van der Waals surface area contributed by atoms with Gasteiger partial charge in [-0.2, -0.15) is 0 Å². The van der Waals surface area contributed by atoms with Crippen molar-refractivity contribution in [3.63, 3.8) is 0 Å². The molecule has 4 heterocycles. The molecule has 0 saturated carbocycles. The Kier molecular flexibility index (Phi) is 14.8. The van der Waals surface area contributed by atoms with Crippen molar-refractivity contribution in [3.8, 4) is 0 Å². The van der Waals surface area contributed by atoms with E-state index in [-0.39, 0.29) is 72.7 Å². The molecule has 18 nitrogen and oxygen atoms in total. The van der Waals surface area contributed by atoms with E-state index in [0.717, 1.165) is 31.6 Å². The number of ether oxygens (including phenoxy) is 4.